The van der Waals surface area contributed by atoms with Crippen LogP contribution < -0.4 is 15.9 Å². The minimum Gasteiger partial charge on any atom is -0.425 e. The molecule has 3 aromatic rings. The number of nitrogens with two attached hydrogens (primary N) is 1. The van der Waals surface area contributed by atoms with E-state index in [1.165, 1.54) is 0 Å². The predicted octanol–water partition coefficient (Wildman–Crippen LogP) is 3.66. The molecule has 25 heavy (non-hydrogen) atoms. The van der Waals surface area contributed by atoms with Crippen LogP contribution in [0.25, 0.3) is 11.0 Å². The molecule has 1 atom stereocenters. The summed E-state index contributed by atoms with van der Waals surface area (Å²) in [6.07, 6.45) is 0. The first-order chi connectivity index (χ1) is 12.1. The number of fused-ring (bicyclic) bond motifs is 2. The molecule has 122 valence electrons. The smallest absolute Gasteiger partial charge is 0.300 e. The van der Waals surface area contributed by atoms with Gasteiger partial charge >= 0.3 is 0 Å². The van der Waals surface area contributed by atoms with Gasteiger partial charge in [0.2, 0.25) is 11.3 Å². The third-order valence-corrected chi connectivity index (χ3v) is 4.39. The van der Waals surface area contributed by atoms with Gasteiger partial charge in [-0.05, 0) is 17.7 Å². The monoisotopic (exact) mass is 350 g/mol. The summed E-state index contributed by atoms with van der Waals surface area (Å²) in [4.78, 5) is 13.1. The minimum absolute atomic E-state index is 0.00915. The maximum Gasteiger partial charge on any atom is 0.300 e. The zero-order chi connectivity index (χ0) is 17.6. The van der Waals surface area contributed by atoms with Crippen LogP contribution in [0.5, 0.6) is 5.95 Å². The van der Waals surface area contributed by atoms with E-state index in [2.05, 4.69) is 6.07 Å². The summed E-state index contributed by atoms with van der Waals surface area (Å²) in [5.74, 6) is -0.732. The Morgan fingerprint density at radius 3 is 2.64 bits per heavy atom. The molecule has 0 amide bonds. The van der Waals surface area contributed by atoms with Crippen molar-refractivity contribution >= 4 is 22.6 Å². The van der Waals surface area contributed by atoms with Crippen molar-refractivity contribution in [1.82, 2.24) is 0 Å². The molecule has 1 aliphatic heterocycles. The molecule has 5 nitrogen and oxygen atoms in total. The summed E-state index contributed by atoms with van der Waals surface area (Å²) < 4.78 is 11.2. The van der Waals surface area contributed by atoms with Crippen molar-refractivity contribution in [3.8, 4) is 12.0 Å². The van der Waals surface area contributed by atoms with Crippen molar-refractivity contribution in [1.29, 1.82) is 5.26 Å². The second kappa shape index (κ2) is 5.69. The topological polar surface area (TPSA) is 89.2 Å². The highest BCUT2D eigenvalue weighted by molar-refractivity contribution is 6.31. The van der Waals surface area contributed by atoms with E-state index in [1.807, 2.05) is 30.3 Å². The number of nitrogens with zero attached hydrogens (tertiary/aromatic N) is 1. The highest BCUT2D eigenvalue weighted by atomic mass is 35.5. The van der Waals surface area contributed by atoms with Gasteiger partial charge in [0.25, 0.3) is 5.95 Å². The van der Waals surface area contributed by atoms with Gasteiger partial charge in [-0.15, -0.1) is 0 Å². The van der Waals surface area contributed by atoms with E-state index >= 15 is 0 Å². The first-order valence-corrected chi connectivity index (χ1v) is 7.86. The molecule has 0 saturated heterocycles. The maximum absolute atomic E-state index is 13.1. The minimum atomic E-state index is -0.647. The van der Waals surface area contributed by atoms with Crippen molar-refractivity contribution in [2.45, 2.75) is 5.92 Å². The molecule has 0 fully saturated rings. The van der Waals surface area contributed by atoms with E-state index in [0.29, 0.717) is 16.0 Å². The summed E-state index contributed by atoms with van der Waals surface area (Å²) in [5, 5.41) is 10.3. The van der Waals surface area contributed by atoms with E-state index in [9.17, 15) is 10.1 Å². The van der Waals surface area contributed by atoms with Crippen molar-refractivity contribution in [3.05, 3.63) is 86.4 Å². The van der Waals surface area contributed by atoms with Crippen LogP contribution in [-0.4, -0.2) is 0 Å². The Labute approximate surface area is 147 Å². The highest BCUT2D eigenvalue weighted by Crippen LogP contribution is 2.41. The van der Waals surface area contributed by atoms with E-state index in [1.54, 1.807) is 18.2 Å². The summed E-state index contributed by atoms with van der Waals surface area (Å²) in [6, 6.07) is 16.0. The molecule has 4 rings (SSSR count). The number of hydrogen-bond acceptors (Lipinski definition) is 5. The molecule has 0 aliphatic carbocycles. The maximum atomic E-state index is 13.1. The van der Waals surface area contributed by atoms with E-state index in [-0.39, 0.29) is 28.4 Å². The second-order valence-electron chi connectivity index (χ2n) is 5.61. The standard InChI is InChI=1S/C19H11ClN2O3/c20-11-6-7-12-14(8-11)24-19-16(17(12)23)15(10-4-2-1-3-5-10)13(9-21)18(22)25-19/h1-8,15H,22H2/t15-/m1/s1. The second-order valence-corrected chi connectivity index (χ2v) is 6.04. The lowest BCUT2D eigenvalue weighted by atomic mass is 9.84. The lowest BCUT2D eigenvalue weighted by molar-refractivity contribution is 0.296. The summed E-state index contributed by atoms with van der Waals surface area (Å²) in [7, 11) is 0. The fourth-order valence-electron chi connectivity index (χ4n) is 3.03. The Morgan fingerprint density at radius 2 is 1.92 bits per heavy atom. The number of allylic oxidation sites excluding steroid dienone is 1. The van der Waals surface area contributed by atoms with Crippen LogP contribution in [0, 0.1) is 11.3 Å². The van der Waals surface area contributed by atoms with E-state index < -0.39 is 5.92 Å². The lowest BCUT2D eigenvalue weighted by Crippen LogP contribution is -2.26. The molecule has 0 saturated carbocycles. The quantitative estimate of drug-likeness (QED) is 0.723. The molecular formula is C19H11ClN2O3. The van der Waals surface area contributed by atoms with Gasteiger partial charge in [-0.1, -0.05) is 41.9 Å². The fourth-order valence-corrected chi connectivity index (χ4v) is 3.19. The first-order valence-electron chi connectivity index (χ1n) is 7.49. The Bertz CT molecular complexity index is 1130. The molecule has 1 aliphatic rings. The average molecular weight is 351 g/mol. The van der Waals surface area contributed by atoms with Gasteiger partial charge in [0, 0.05) is 11.1 Å². The summed E-state index contributed by atoms with van der Waals surface area (Å²) >= 11 is 5.97. The Balaban J connectivity index is 2.08. The number of benzene rings is 2. The molecule has 2 heterocycles. The van der Waals surface area contributed by atoms with E-state index in [4.69, 9.17) is 26.5 Å². The van der Waals surface area contributed by atoms with Gasteiger partial charge in [-0.2, -0.15) is 5.26 Å². The molecule has 0 bridgehead atoms. The van der Waals surface area contributed by atoms with Crippen LogP contribution in [0.1, 0.15) is 17.0 Å². The largest absolute Gasteiger partial charge is 0.425 e. The zero-order valence-corrected chi connectivity index (χ0v) is 13.6. The average Bonchev–Trinajstić information content (AvgIpc) is 2.61. The summed E-state index contributed by atoms with van der Waals surface area (Å²) in [5.41, 5.74) is 7.12. The molecule has 0 unspecified atom stereocenters. The lowest BCUT2D eigenvalue weighted by Gasteiger charge is -2.24. The molecule has 0 radical (unpaired) electrons. The van der Waals surface area contributed by atoms with Gasteiger partial charge in [0.15, 0.2) is 0 Å². The van der Waals surface area contributed by atoms with Gasteiger partial charge < -0.3 is 14.9 Å². The number of hydrogen-bond donors (Lipinski definition) is 1. The predicted molar refractivity (Wildman–Crippen MR) is 93.2 cm³/mol. The Kier molecular flexibility index (Phi) is 3.48. The van der Waals surface area contributed by atoms with Crippen molar-refractivity contribution in [2.75, 3.05) is 0 Å². The normalized spacial score (nSPS) is 16.2. The SMILES string of the molecule is N#CC1=C(N)Oc2oc3cc(Cl)ccc3c(=O)c2[C@@H]1c1ccccc1. The Hall–Kier alpha value is -3.23. The number of ether oxygens (including phenoxy) is 1. The molecule has 6 heteroatoms. The number of halogens is 1. The van der Waals surface area contributed by atoms with Gasteiger partial charge in [0.1, 0.15) is 17.2 Å². The summed E-state index contributed by atoms with van der Waals surface area (Å²) in [6.45, 7) is 0. The zero-order valence-electron chi connectivity index (χ0n) is 12.8. The number of nitriles is 1. The highest BCUT2D eigenvalue weighted by Gasteiger charge is 2.35. The van der Waals surface area contributed by atoms with Crippen LogP contribution in [0.15, 0.2) is 69.2 Å². The Morgan fingerprint density at radius 1 is 1.16 bits per heavy atom. The van der Waals surface area contributed by atoms with Gasteiger partial charge in [0.05, 0.1) is 16.9 Å². The van der Waals surface area contributed by atoms with Gasteiger partial charge in [-0.3, -0.25) is 4.79 Å². The third kappa shape index (κ3) is 2.35. The fraction of sp³-hybridized carbons (Fsp3) is 0.0526. The molecule has 0 spiro atoms. The van der Waals surface area contributed by atoms with Crippen LogP contribution in [0.4, 0.5) is 0 Å². The molecule has 2 aromatic carbocycles. The van der Waals surface area contributed by atoms with Crippen LogP contribution in [0.3, 0.4) is 0 Å². The molecule has 1 aromatic heterocycles. The van der Waals surface area contributed by atoms with Gasteiger partial charge in [-0.25, -0.2) is 0 Å². The van der Waals surface area contributed by atoms with Crippen molar-refractivity contribution in [2.24, 2.45) is 5.73 Å². The van der Waals surface area contributed by atoms with Crippen molar-refractivity contribution in [3.63, 3.8) is 0 Å². The first kappa shape index (κ1) is 15.3. The van der Waals surface area contributed by atoms with Crippen LogP contribution >= 0.6 is 11.6 Å². The van der Waals surface area contributed by atoms with E-state index in [0.717, 1.165) is 5.56 Å². The van der Waals surface area contributed by atoms with Crippen LogP contribution in [-0.2, 0) is 0 Å². The third-order valence-electron chi connectivity index (χ3n) is 4.15. The van der Waals surface area contributed by atoms with Crippen molar-refractivity contribution < 1.29 is 9.15 Å². The number of rotatable bonds is 1. The van der Waals surface area contributed by atoms with Crippen LogP contribution in [0.2, 0.25) is 5.02 Å². The molecular weight excluding hydrogens is 340 g/mol. The molecule has 2 N–H and O–H groups in total.